The Kier molecular flexibility index (Phi) is 3.18. The number of carbonyl (C=O) groups excluding carboxylic acids is 1. The molecule has 2 rings (SSSR count). The summed E-state index contributed by atoms with van der Waals surface area (Å²) < 4.78 is 1.71. The van der Waals surface area contributed by atoms with Crippen LogP contribution in [0.25, 0.3) is 0 Å². The number of aryl methyl sites for hydroxylation is 2. The molecular formula is C12H14N4O. The van der Waals surface area contributed by atoms with Crippen LogP contribution in [0.2, 0.25) is 0 Å². The summed E-state index contributed by atoms with van der Waals surface area (Å²) in [5.74, 6) is 0.292. The predicted octanol–water partition coefficient (Wildman–Crippen LogP) is 1.86. The number of rotatable bonds is 3. The fourth-order valence-corrected chi connectivity index (χ4v) is 1.38. The molecular weight excluding hydrogens is 216 g/mol. The number of amides is 1. The van der Waals surface area contributed by atoms with Crippen molar-refractivity contribution in [2.45, 2.75) is 20.4 Å². The highest BCUT2D eigenvalue weighted by molar-refractivity contribution is 6.02. The third kappa shape index (κ3) is 2.69. The summed E-state index contributed by atoms with van der Waals surface area (Å²) in [5.41, 5.74) is 1.45. The summed E-state index contributed by atoms with van der Waals surface area (Å²) in [6, 6.07) is 5.35. The molecule has 17 heavy (non-hydrogen) atoms. The molecule has 0 spiro atoms. The van der Waals surface area contributed by atoms with Gasteiger partial charge in [0.15, 0.2) is 5.69 Å². The number of nitrogens with zero attached hydrogens (tertiary/aromatic N) is 3. The largest absolute Gasteiger partial charge is 0.305 e. The lowest BCUT2D eigenvalue weighted by Crippen LogP contribution is -2.14. The van der Waals surface area contributed by atoms with Crippen LogP contribution in [0, 0.1) is 6.92 Å². The quantitative estimate of drug-likeness (QED) is 0.875. The van der Waals surface area contributed by atoms with Gasteiger partial charge in [-0.3, -0.25) is 9.48 Å². The number of hydrogen-bond acceptors (Lipinski definition) is 3. The minimum atomic E-state index is -0.242. The van der Waals surface area contributed by atoms with Crippen molar-refractivity contribution in [3.63, 3.8) is 0 Å². The Balaban J connectivity index is 2.08. The molecule has 0 fully saturated rings. The summed E-state index contributed by atoms with van der Waals surface area (Å²) in [6.45, 7) is 4.66. The van der Waals surface area contributed by atoms with Crippen LogP contribution in [-0.2, 0) is 6.54 Å². The maximum absolute atomic E-state index is 11.8. The van der Waals surface area contributed by atoms with Crippen LogP contribution in [-0.4, -0.2) is 20.7 Å². The third-order valence-electron chi connectivity index (χ3n) is 2.35. The van der Waals surface area contributed by atoms with Gasteiger partial charge < -0.3 is 5.32 Å². The molecule has 1 N–H and O–H groups in total. The molecule has 1 amide bonds. The van der Waals surface area contributed by atoms with Crippen LogP contribution in [0.5, 0.6) is 0 Å². The molecule has 0 unspecified atom stereocenters. The number of anilines is 1. The Morgan fingerprint density at radius 2 is 2.24 bits per heavy atom. The molecule has 88 valence electrons. The maximum atomic E-state index is 11.8. The average molecular weight is 230 g/mol. The first-order valence-electron chi connectivity index (χ1n) is 5.46. The van der Waals surface area contributed by atoms with Crippen LogP contribution >= 0.6 is 0 Å². The second-order valence-electron chi connectivity index (χ2n) is 3.73. The van der Waals surface area contributed by atoms with Crippen molar-refractivity contribution < 1.29 is 4.79 Å². The highest BCUT2D eigenvalue weighted by Gasteiger charge is 2.09. The molecule has 5 nitrogen and oxygen atoms in total. The van der Waals surface area contributed by atoms with E-state index in [4.69, 9.17) is 0 Å². The van der Waals surface area contributed by atoms with Gasteiger partial charge in [-0.1, -0.05) is 6.07 Å². The first kappa shape index (κ1) is 11.3. The Bertz CT molecular complexity index is 516. The van der Waals surface area contributed by atoms with Crippen molar-refractivity contribution in [3.8, 4) is 0 Å². The van der Waals surface area contributed by atoms with Gasteiger partial charge in [-0.2, -0.15) is 5.10 Å². The molecule has 2 heterocycles. The summed E-state index contributed by atoms with van der Waals surface area (Å²) in [4.78, 5) is 15.9. The molecule has 2 aromatic rings. The topological polar surface area (TPSA) is 59.8 Å². The van der Waals surface area contributed by atoms with Gasteiger partial charge in [0.05, 0.1) is 0 Å². The van der Waals surface area contributed by atoms with Gasteiger partial charge in [0.25, 0.3) is 5.91 Å². The van der Waals surface area contributed by atoms with E-state index in [-0.39, 0.29) is 5.91 Å². The zero-order valence-electron chi connectivity index (χ0n) is 9.84. The number of nitrogens with one attached hydrogen (secondary N) is 1. The molecule has 0 saturated carbocycles. The smallest absolute Gasteiger partial charge is 0.277 e. The zero-order valence-corrected chi connectivity index (χ0v) is 9.84. The molecule has 0 aliphatic heterocycles. The monoisotopic (exact) mass is 230 g/mol. The summed E-state index contributed by atoms with van der Waals surface area (Å²) in [6.07, 6.45) is 3.48. The number of pyridine rings is 1. The molecule has 0 saturated heterocycles. The average Bonchev–Trinajstić information content (AvgIpc) is 2.81. The predicted molar refractivity (Wildman–Crippen MR) is 64.8 cm³/mol. The minimum absolute atomic E-state index is 0.242. The normalized spacial score (nSPS) is 10.2. The van der Waals surface area contributed by atoms with E-state index in [1.807, 2.05) is 19.9 Å². The molecule has 0 aliphatic rings. The van der Waals surface area contributed by atoms with Gasteiger partial charge in [-0.05, 0) is 31.5 Å². The lowest BCUT2D eigenvalue weighted by Gasteiger charge is -2.02. The van der Waals surface area contributed by atoms with Gasteiger partial charge in [0.1, 0.15) is 5.82 Å². The third-order valence-corrected chi connectivity index (χ3v) is 2.35. The first-order chi connectivity index (χ1) is 8.19. The Labute approximate surface area is 99.5 Å². The summed E-state index contributed by atoms with van der Waals surface area (Å²) in [7, 11) is 0. The van der Waals surface area contributed by atoms with Crippen LogP contribution in [0.15, 0.2) is 30.6 Å². The van der Waals surface area contributed by atoms with Gasteiger partial charge in [0, 0.05) is 18.9 Å². The van der Waals surface area contributed by atoms with E-state index in [1.165, 1.54) is 0 Å². The first-order valence-corrected chi connectivity index (χ1v) is 5.46. The Morgan fingerprint density at radius 1 is 1.41 bits per heavy atom. The van der Waals surface area contributed by atoms with Crippen LogP contribution in [0.3, 0.4) is 0 Å². The van der Waals surface area contributed by atoms with Crippen molar-refractivity contribution in [1.29, 1.82) is 0 Å². The number of aromatic nitrogens is 3. The highest BCUT2D eigenvalue weighted by Crippen LogP contribution is 2.06. The van der Waals surface area contributed by atoms with Crippen LogP contribution in [0.4, 0.5) is 5.82 Å². The van der Waals surface area contributed by atoms with Crippen LogP contribution < -0.4 is 5.32 Å². The van der Waals surface area contributed by atoms with E-state index in [0.29, 0.717) is 11.5 Å². The van der Waals surface area contributed by atoms with Gasteiger partial charge >= 0.3 is 0 Å². The number of hydrogen-bond donors (Lipinski definition) is 1. The molecule has 2 aromatic heterocycles. The van der Waals surface area contributed by atoms with Crippen molar-refractivity contribution in [2.75, 3.05) is 5.32 Å². The molecule has 0 aliphatic carbocycles. The number of carbonyl (C=O) groups is 1. The van der Waals surface area contributed by atoms with E-state index in [1.54, 1.807) is 29.2 Å². The van der Waals surface area contributed by atoms with Gasteiger partial charge in [0.2, 0.25) is 0 Å². The Hall–Kier alpha value is -2.17. The molecule has 0 atom stereocenters. The van der Waals surface area contributed by atoms with Gasteiger partial charge in [-0.15, -0.1) is 0 Å². The summed E-state index contributed by atoms with van der Waals surface area (Å²) >= 11 is 0. The van der Waals surface area contributed by atoms with Crippen molar-refractivity contribution in [2.24, 2.45) is 0 Å². The zero-order chi connectivity index (χ0) is 12.3. The lowest BCUT2D eigenvalue weighted by atomic mass is 10.3. The van der Waals surface area contributed by atoms with E-state index >= 15 is 0 Å². The SMILES string of the molecule is CCn1ccc(C(=O)Nc2ccc(C)cn2)n1. The van der Waals surface area contributed by atoms with Gasteiger partial charge in [-0.25, -0.2) is 4.98 Å². The van der Waals surface area contributed by atoms with Crippen molar-refractivity contribution >= 4 is 11.7 Å². The van der Waals surface area contributed by atoms with Crippen LogP contribution in [0.1, 0.15) is 23.0 Å². The highest BCUT2D eigenvalue weighted by atomic mass is 16.2. The molecule has 0 aromatic carbocycles. The van der Waals surface area contributed by atoms with E-state index in [9.17, 15) is 4.79 Å². The fraction of sp³-hybridized carbons (Fsp3) is 0.250. The molecule has 0 radical (unpaired) electrons. The van der Waals surface area contributed by atoms with E-state index < -0.39 is 0 Å². The maximum Gasteiger partial charge on any atom is 0.277 e. The second kappa shape index (κ2) is 4.78. The van der Waals surface area contributed by atoms with Crippen molar-refractivity contribution in [3.05, 3.63) is 41.9 Å². The Morgan fingerprint density at radius 3 is 2.82 bits per heavy atom. The van der Waals surface area contributed by atoms with Crippen molar-refractivity contribution in [1.82, 2.24) is 14.8 Å². The van der Waals surface area contributed by atoms with E-state index in [0.717, 1.165) is 12.1 Å². The molecule has 0 bridgehead atoms. The fourth-order valence-electron chi connectivity index (χ4n) is 1.38. The summed E-state index contributed by atoms with van der Waals surface area (Å²) in [5, 5.41) is 6.82. The van der Waals surface area contributed by atoms with E-state index in [2.05, 4.69) is 15.4 Å². The minimum Gasteiger partial charge on any atom is -0.305 e. The lowest BCUT2D eigenvalue weighted by molar-refractivity contribution is 0.102. The molecule has 5 heteroatoms. The second-order valence-corrected chi connectivity index (χ2v) is 3.73. The standard InChI is InChI=1S/C12H14N4O/c1-3-16-7-6-10(15-16)12(17)14-11-5-4-9(2)8-13-11/h4-8H,3H2,1-2H3,(H,13,14,17).